The van der Waals surface area contributed by atoms with Gasteiger partial charge in [0.25, 0.3) is 5.91 Å². The van der Waals surface area contributed by atoms with Crippen LogP contribution in [0.15, 0.2) is 42.5 Å². The lowest BCUT2D eigenvalue weighted by Gasteiger charge is -2.13. The van der Waals surface area contributed by atoms with Crippen LogP contribution in [-0.2, 0) is 30.2 Å². The summed E-state index contributed by atoms with van der Waals surface area (Å²) in [6.45, 7) is 0.962. The van der Waals surface area contributed by atoms with E-state index in [4.69, 9.17) is 5.73 Å². The van der Waals surface area contributed by atoms with E-state index in [1.54, 1.807) is 0 Å². The minimum absolute atomic E-state index is 0.0498. The van der Waals surface area contributed by atoms with Gasteiger partial charge >= 0.3 is 12.4 Å². The molecule has 0 bridgehead atoms. The highest BCUT2D eigenvalue weighted by atomic mass is 32.1. The number of aromatic nitrogens is 2. The summed E-state index contributed by atoms with van der Waals surface area (Å²) in [6.07, 6.45) is -9.54. The normalized spacial score (nSPS) is 12.9. The van der Waals surface area contributed by atoms with E-state index in [9.17, 15) is 35.9 Å². The van der Waals surface area contributed by atoms with Gasteiger partial charge in [-0.15, -0.1) is 11.3 Å². The van der Waals surface area contributed by atoms with Crippen LogP contribution in [0.2, 0.25) is 0 Å². The Hall–Kier alpha value is -3.39. The Labute approximate surface area is 198 Å². The van der Waals surface area contributed by atoms with E-state index in [2.05, 4.69) is 15.7 Å². The van der Waals surface area contributed by atoms with Crippen molar-refractivity contribution in [2.45, 2.75) is 38.4 Å². The Balaban J connectivity index is 1.86. The van der Waals surface area contributed by atoms with E-state index in [1.807, 2.05) is 0 Å². The zero-order valence-corrected chi connectivity index (χ0v) is 18.8. The lowest BCUT2D eigenvalue weighted by Crippen LogP contribution is -2.37. The molecule has 35 heavy (non-hydrogen) atoms. The van der Waals surface area contributed by atoms with Crippen LogP contribution in [-0.4, -0.2) is 27.6 Å². The largest absolute Gasteiger partial charge is 0.435 e. The monoisotopic (exact) mass is 519 g/mol. The molecule has 3 aromatic rings. The summed E-state index contributed by atoms with van der Waals surface area (Å²) in [5.74, 6) is -1.48. The zero-order valence-electron chi connectivity index (χ0n) is 18.0. The third kappa shape index (κ3) is 6.39. The number of carbonyl (C=O) groups is 2. The van der Waals surface area contributed by atoms with Crippen LogP contribution in [0.5, 0.6) is 0 Å². The van der Waals surface area contributed by atoms with Crippen molar-refractivity contribution >= 4 is 23.2 Å². The molecule has 1 aromatic carbocycles. The first-order valence-corrected chi connectivity index (χ1v) is 10.8. The van der Waals surface area contributed by atoms with Crippen molar-refractivity contribution in [3.63, 3.8) is 0 Å². The number of hydrogen-bond donors (Lipinski definition) is 3. The van der Waals surface area contributed by atoms with E-state index in [0.717, 1.165) is 28.2 Å². The topological polar surface area (TPSA) is 102 Å². The molecule has 0 fully saturated rings. The van der Waals surface area contributed by atoms with Crippen molar-refractivity contribution < 1.29 is 35.9 Å². The van der Waals surface area contributed by atoms with Gasteiger partial charge in [0.15, 0.2) is 5.69 Å². The number of thiophene rings is 1. The molecule has 0 aliphatic rings. The van der Waals surface area contributed by atoms with Crippen molar-refractivity contribution in [1.82, 2.24) is 20.4 Å². The van der Waals surface area contributed by atoms with Crippen LogP contribution in [0.1, 0.15) is 39.1 Å². The highest BCUT2D eigenvalue weighted by Crippen LogP contribution is 2.33. The third-order valence-electron chi connectivity index (χ3n) is 4.70. The van der Waals surface area contributed by atoms with Crippen molar-refractivity contribution in [1.29, 1.82) is 0 Å². The molecule has 0 spiro atoms. The molecule has 3 rings (SSSR count). The molecular formula is C21H19F6N5O2S. The molecule has 1 atom stereocenters. The van der Waals surface area contributed by atoms with Crippen molar-refractivity contribution in [3.8, 4) is 5.00 Å². The molecule has 0 saturated carbocycles. The maximum atomic E-state index is 13.3. The smallest absolute Gasteiger partial charge is 0.350 e. The summed E-state index contributed by atoms with van der Waals surface area (Å²) >= 11 is 0.964. The Bertz CT molecular complexity index is 1220. The van der Waals surface area contributed by atoms with E-state index in [1.165, 1.54) is 31.2 Å². The average Bonchev–Trinajstić information content (AvgIpc) is 3.42. The van der Waals surface area contributed by atoms with Crippen molar-refractivity contribution in [3.05, 3.63) is 69.9 Å². The van der Waals surface area contributed by atoms with Crippen LogP contribution >= 0.6 is 11.3 Å². The second kappa shape index (κ2) is 10.1. The van der Waals surface area contributed by atoms with Crippen molar-refractivity contribution in [2.24, 2.45) is 5.73 Å². The number of amides is 2. The lowest BCUT2D eigenvalue weighted by molar-refractivity contribution is -0.141. The molecule has 4 N–H and O–H groups in total. The number of hydrogen-bond acceptors (Lipinski definition) is 5. The third-order valence-corrected chi connectivity index (χ3v) is 5.76. The molecule has 7 nitrogen and oxygen atoms in total. The molecule has 0 saturated heterocycles. The fraction of sp³-hybridized carbons (Fsp3) is 0.286. The molecular weight excluding hydrogens is 500 g/mol. The highest BCUT2D eigenvalue weighted by molar-refractivity contribution is 7.14. The molecule has 14 heteroatoms. The highest BCUT2D eigenvalue weighted by Gasteiger charge is 2.37. The van der Waals surface area contributed by atoms with Gasteiger partial charge in [0.05, 0.1) is 18.2 Å². The second-order valence-corrected chi connectivity index (χ2v) is 8.56. The van der Waals surface area contributed by atoms with Gasteiger partial charge in [0.1, 0.15) is 10.7 Å². The first-order valence-electron chi connectivity index (χ1n) is 10.0. The summed E-state index contributed by atoms with van der Waals surface area (Å²) in [7, 11) is 0. The summed E-state index contributed by atoms with van der Waals surface area (Å²) in [4.78, 5) is 24.9. The van der Waals surface area contributed by atoms with E-state index in [-0.39, 0.29) is 17.1 Å². The predicted octanol–water partition coefficient (Wildman–Crippen LogP) is 3.86. The number of nitrogens with one attached hydrogen (secondary N) is 2. The molecule has 0 radical (unpaired) electrons. The number of benzene rings is 1. The first kappa shape index (κ1) is 26.2. The van der Waals surface area contributed by atoms with Crippen molar-refractivity contribution in [2.75, 3.05) is 0 Å². The average molecular weight is 519 g/mol. The predicted molar refractivity (Wildman–Crippen MR) is 115 cm³/mol. The Morgan fingerprint density at radius 3 is 2.34 bits per heavy atom. The molecule has 0 aliphatic heterocycles. The Kier molecular flexibility index (Phi) is 7.55. The summed E-state index contributed by atoms with van der Waals surface area (Å²) < 4.78 is 80.2. The Morgan fingerprint density at radius 2 is 1.71 bits per heavy atom. The van der Waals surface area contributed by atoms with Crippen LogP contribution in [0.3, 0.4) is 0 Å². The standard InChI is InChI=1S/C21H19F6N5O2S/c1-11(28)18(33)30-10-13-6-7-17(35-13)32-15(8-16(31-32)21(25,26)27)19(34)29-9-12-4-2-3-5-14(12)20(22,23)24/h2-8,11H,9-10,28H2,1H3,(H,29,34)(H,30,33). The summed E-state index contributed by atoms with van der Waals surface area (Å²) in [5.41, 5.74) is 2.37. The fourth-order valence-electron chi connectivity index (χ4n) is 2.98. The molecule has 0 aliphatic carbocycles. The molecule has 2 amide bonds. The van der Waals surface area contributed by atoms with Gasteiger partial charge in [0.2, 0.25) is 5.91 Å². The summed E-state index contributed by atoms with van der Waals surface area (Å²) in [6, 6.07) is 7.21. The van der Waals surface area contributed by atoms with Gasteiger partial charge in [0, 0.05) is 17.5 Å². The maximum absolute atomic E-state index is 13.3. The second-order valence-electron chi connectivity index (χ2n) is 7.41. The van der Waals surface area contributed by atoms with E-state index in [0.29, 0.717) is 10.9 Å². The number of halogens is 6. The number of rotatable bonds is 7. The van der Waals surface area contributed by atoms with Gasteiger partial charge in [-0.2, -0.15) is 31.4 Å². The quantitative estimate of drug-likeness (QED) is 0.413. The van der Waals surface area contributed by atoms with Crippen LogP contribution in [0, 0.1) is 0 Å². The Morgan fingerprint density at radius 1 is 1.03 bits per heavy atom. The molecule has 188 valence electrons. The molecule has 1 unspecified atom stereocenters. The first-order chi connectivity index (χ1) is 16.3. The van der Waals surface area contributed by atoms with Gasteiger partial charge in [-0.3, -0.25) is 9.59 Å². The van der Waals surface area contributed by atoms with Gasteiger partial charge < -0.3 is 16.4 Å². The number of nitrogens with zero attached hydrogens (tertiary/aromatic N) is 2. The fourth-order valence-corrected chi connectivity index (χ4v) is 3.89. The lowest BCUT2D eigenvalue weighted by atomic mass is 10.1. The van der Waals surface area contributed by atoms with Crippen LogP contribution in [0.25, 0.3) is 5.00 Å². The number of nitrogens with two attached hydrogens (primary N) is 1. The van der Waals surface area contributed by atoms with Gasteiger partial charge in [-0.05, 0) is 30.7 Å². The van der Waals surface area contributed by atoms with E-state index >= 15 is 0 Å². The van der Waals surface area contributed by atoms with Crippen LogP contribution in [0.4, 0.5) is 26.3 Å². The zero-order chi connectivity index (χ0) is 26.0. The summed E-state index contributed by atoms with van der Waals surface area (Å²) in [5, 5.41) is 8.39. The molecule has 2 aromatic heterocycles. The SMILES string of the molecule is CC(N)C(=O)NCc1ccc(-n2nc(C(F)(F)F)cc2C(=O)NCc2ccccc2C(F)(F)F)s1. The minimum Gasteiger partial charge on any atom is -0.350 e. The van der Waals surface area contributed by atoms with E-state index < -0.39 is 53.7 Å². The number of carbonyl (C=O) groups excluding carboxylic acids is 2. The van der Waals surface area contributed by atoms with Crippen LogP contribution < -0.4 is 16.4 Å². The number of alkyl halides is 6. The minimum atomic E-state index is -4.87. The maximum Gasteiger partial charge on any atom is 0.435 e. The van der Waals surface area contributed by atoms with Gasteiger partial charge in [-0.25, -0.2) is 4.68 Å². The van der Waals surface area contributed by atoms with Gasteiger partial charge in [-0.1, -0.05) is 18.2 Å². The molecule has 2 heterocycles.